The summed E-state index contributed by atoms with van der Waals surface area (Å²) in [6.45, 7) is 4.04. The predicted molar refractivity (Wildman–Crippen MR) is 71.4 cm³/mol. The van der Waals surface area contributed by atoms with E-state index in [1.165, 1.54) is 0 Å². The summed E-state index contributed by atoms with van der Waals surface area (Å²) >= 11 is 6.20. The Bertz CT molecular complexity index is 446. The summed E-state index contributed by atoms with van der Waals surface area (Å²) in [7, 11) is 1.57. The smallest absolute Gasteiger partial charge is 0.320 e. The van der Waals surface area contributed by atoms with Gasteiger partial charge in [0.05, 0.1) is 7.11 Å². The van der Waals surface area contributed by atoms with Crippen molar-refractivity contribution in [3.63, 3.8) is 0 Å². The summed E-state index contributed by atoms with van der Waals surface area (Å²) in [6, 6.07) is 2.61. The Morgan fingerprint density at radius 1 is 1.50 bits per heavy atom. The van der Waals surface area contributed by atoms with E-state index in [1.54, 1.807) is 19.2 Å². The topological polar surface area (TPSA) is 72.5 Å². The number of methoxy groups -OCH3 is 1. The fraction of sp³-hybridized carbons (Fsp3) is 0.462. The van der Waals surface area contributed by atoms with Gasteiger partial charge < -0.3 is 15.6 Å². The highest BCUT2D eigenvalue weighted by Crippen LogP contribution is 2.34. The van der Waals surface area contributed by atoms with Gasteiger partial charge in [-0.1, -0.05) is 25.4 Å². The highest BCUT2D eigenvalue weighted by Gasteiger charge is 2.17. The van der Waals surface area contributed by atoms with Gasteiger partial charge in [0, 0.05) is 10.6 Å². The highest BCUT2D eigenvalue weighted by atomic mass is 35.5. The zero-order valence-corrected chi connectivity index (χ0v) is 11.5. The lowest BCUT2D eigenvalue weighted by molar-refractivity contribution is -0.138. The van der Waals surface area contributed by atoms with Crippen molar-refractivity contribution < 1.29 is 14.6 Å². The SMILES string of the molecule is COc1cc(CC(N)C(=O)O)cc(Cl)c1C(C)C. The summed E-state index contributed by atoms with van der Waals surface area (Å²) in [5, 5.41) is 9.37. The van der Waals surface area contributed by atoms with E-state index in [1.807, 2.05) is 13.8 Å². The van der Waals surface area contributed by atoms with Crippen molar-refractivity contribution in [1.29, 1.82) is 0 Å². The van der Waals surface area contributed by atoms with Gasteiger partial charge in [-0.05, 0) is 30.0 Å². The van der Waals surface area contributed by atoms with Crippen LogP contribution in [0, 0.1) is 0 Å². The molecule has 0 spiro atoms. The number of carboxylic acids is 1. The molecule has 0 bridgehead atoms. The molecule has 0 aliphatic heterocycles. The van der Waals surface area contributed by atoms with Gasteiger partial charge in [-0.25, -0.2) is 0 Å². The van der Waals surface area contributed by atoms with Crippen molar-refractivity contribution >= 4 is 17.6 Å². The summed E-state index contributed by atoms with van der Waals surface area (Å²) in [6.07, 6.45) is 0.226. The number of rotatable bonds is 5. The van der Waals surface area contributed by atoms with Gasteiger partial charge in [0.1, 0.15) is 11.8 Å². The molecule has 1 aromatic carbocycles. The number of nitrogens with two attached hydrogens (primary N) is 1. The number of ether oxygens (including phenoxy) is 1. The molecule has 0 aliphatic carbocycles. The van der Waals surface area contributed by atoms with Gasteiger partial charge in [-0.3, -0.25) is 4.79 Å². The Morgan fingerprint density at radius 2 is 2.11 bits per heavy atom. The van der Waals surface area contributed by atoms with Gasteiger partial charge in [-0.2, -0.15) is 0 Å². The lowest BCUT2D eigenvalue weighted by Gasteiger charge is -2.16. The third-order valence-corrected chi connectivity index (χ3v) is 3.03. The van der Waals surface area contributed by atoms with E-state index in [2.05, 4.69) is 0 Å². The molecule has 5 heteroatoms. The molecule has 3 N–H and O–H groups in total. The van der Waals surface area contributed by atoms with Gasteiger partial charge in [0.25, 0.3) is 0 Å². The number of hydrogen-bond acceptors (Lipinski definition) is 3. The normalized spacial score (nSPS) is 12.6. The molecule has 100 valence electrons. The molecule has 4 nitrogen and oxygen atoms in total. The maximum absolute atomic E-state index is 10.7. The second kappa shape index (κ2) is 6.07. The monoisotopic (exact) mass is 271 g/mol. The second-order valence-electron chi connectivity index (χ2n) is 4.50. The van der Waals surface area contributed by atoms with Crippen molar-refractivity contribution in [2.75, 3.05) is 7.11 Å². The van der Waals surface area contributed by atoms with E-state index in [-0.39, 0.29) is 12.3 Å². The molecule has 0 aromatic heterocycles. The van der Waals surface area contributed by atoms with E-state index in [0.717, 1.165) is 11.1 Å². The number of halogens is 1. The van der Waals surface area contributed by atoms with Crippen LogP contribution in [0.2, 0.25) is 5.02 Å². The van der Waals surface area contributed by atoms with Crippen molar-refractivity contribution in [3.05, 3.63) is 28.3 Å². The van der Waals surface area contributed by atoms with Crippen LogP contribution < -0.4 is 10.5 Å². The molecule has 0 saturated carbocycles. The minimum absolute atomic E-state index is 0.226. The molecule has 0 aliphatic rings. The van der Waals surface area contributed by atoms with E-state index < -0.39 is 12.0 Å². The number of benzene rings is 1. The van der Waals surface area contributed by atoms with Crippen molar-refractivity contribution in [2.24, 2.45) is 5.73 Å². The largest absolute Gasteiger partial charge is 0.496 e. The first-order valence-corrected chi connectivity index (χ1v) is 6.09. The van der Waals surface area contributed by atoms with Crippen LogP contribution in [0.15, 0.2) is 12.1 Å². The minimum atomic E-state index is -1.03. The van der Waals surface area contributed by atoms with Crippen LogP contribution in [0.4, 0.5) is 0 Å². The Kier molecular flexibility index (Phi) is 4.99. The van der Waals surface area contributed by atoms with Crippen LogP contribution >= 0.6 is 11.6 Å². The van der Waals surface area contributed by atoms with Gasteiger partial charge in [0.2, 0.25) is 0 Å². The Morgan fingerprint density at radius 3 is 2.56 bits per heavy atom. The van der Waals surface area contributed by atoms with Gasteiger partial charge in [0.15, 0.2) is 0 Å². The quantitative estimate of drug-likeness (QED) is 0.863. The van der Waals surface area contributed by atoms with Crippen LogP contribution in [0.25, 0.3) is 0 Å². The first-order chi connectivity index (χ1) is 8.36. The van der Waals surface area contributed by atoms with Crippen LogP contribution in [-0.4, -0.2) is 24.2 Å². The van der Waals surface area contributed by atoms with Crippen molar-refractivity contribution in [1.82, 2.24) is 0 Å². The maximum atomic E-state index is 10.7. The average molecular weight is 272 g/mol. The van der Waals surface area contributed by atoms with Crippen LogP contribution in [0.1, 0.15) is 30.9 Å². The van der Waals surface area contributed by atoms with Crippen molar-refractivity contribution in [2.45, 2.75) is 32.2 Å². The van der Waals surface area contributed by atoms with E-state index in [4.69, 9.17) is 27.2 Å². The summed E-state index contributed by atoms with van der Waals surface area (Å²) < 4.78 is 5.30. The zero-order valence-electron chi connectivity index (χ0n) is 10.7. The fourth-order valence-corrected chi connectivity index (χ4v) is 2.29. The maximum Gasteiger partial charge on any atom is 0.320 e. The van der Waals surface area contributed by atoms with Crippen LogP contribution in [-0.2, 0) is 11.2 Å². The third kappa shape index (κ3) is 3.37. The molecule has 0 saturated heterocycles. The molecular formula is C13H18ClNO3. The Hall–Kier alpha value is -1.26. The molecule has 0 fully saturated rings. The standard InChI is InChI=1S/C13H18ClNO3/c1-7(2)12-9(14)4-8(6-11(12)18-3)5-10(15)13(16)17/h4,6-7,10H,5,15H2,1-3H3,(H,16,17). The van der Waals surface area contributed by atoms with Crippen LogP contribution in [0.5, 0.6) is 5.75 Å². The number of aliphatic carboxylic acids is 1. The molecule has 1 atom stereocenters. The molecular weight excluding hydrogens is 254 g/mol. The minimum Gasteiger partial charge on any atom is -0.496 e. The van der Waals surface area contributed by atoms with Gasteiger partial charge >= 0.3 is 5.97 Å². The highest BCUT2D eigenvalue weighted by molar-refractivity contribution is 6.31. The lowest BCUT2D eigenvalue weighted by atomic mass is 9.97. The molecule has 18 heavy (non-hydrogen) atoms. The van der Waals surface area contributed by atoms with Crippen LogP contribution in [0.3, 0.4) is 0 Å². The second-order valence-corrected chi connectivity index (χ2v) is 4.90. The first kappa shape index (κ1) is 14.8. The van der Waals surface area contributed by atoms with E-state index in [9.17, 15) is 4.79 Å². The first-order valence-electron chi connectivity index (χ1n) is 5.71. The molecule has 0 radical (unpaired) electrons. The number of hydrogen-bond donors (Lipinski definition) is 2. The third-order valence-electron chi connectivity index (χ3n) is 2.72. The lowest BCUT2D eigenvalue weighted by Crippen LogP contribution is -2.32. The Balaban J connectivity index is 3.11. The fourth-order valence-electron chi connectivity index (χ4n) is 1.83. The molecule has 1 rings (SSSR count). The van der Waals surface area contributed by atoms with Gasteiger partial charge in [-0.15, -0.1) is 0 Å². The predicted octanol–water partition coefficient (Wildman–Crippen LogP) is 2.43. The van der Waals surface area contributed by atoms with Crippen molar-refractivity contribution in [3.8, 4) is 5.75 Å². The van der Waals surface area contributed by atoms with E-state index >= 15 is 0 Å². The summed E-state index contributed by atoms with van der Waals surface area (Å²) in [5.74, 6) is -0.127. The summed E-state index contributed by atoms with van der Waals surface area (Å²) in [5.41, 5.74) is 7.19. The molecule has 1 aromatic rings. The Labute approximate surface area is 112 Å². The molecule has 0 heterocycles. The summed E-state index contributed by atoms with van der Waals surface area (Å²) in [4.78, 5) is 10.7. The molecule has 1 unspecified atom stereocenters. The average Bonchev–Trinajstić information content (AvgIpc) is 2.27. The zero-order chi connectivity index (χ0) is 13.9. The number of carbonyl (C=O) groups is 1. The molecule has 0 amide bonds. The number of carboxylic acid groups (broad SMARTS) is 1. The van der Waals surface area contributed by atoms with E-state index in [0.29, 0.717) is 10.8 Å².